The molecular weight excluding hydrogens is 370 g/mol. The summed E-state index contributed by atoms with van der Waals surface area (Å²) in [5, 5.41) is 7.21. The Balaban J connectivity index is 1.30. The summed E-state index contributed by atoms with van der Waals surface area (Å²) in [7, 11) is 0. The Morgan fingerprint density at radius 1 is 1.17 bits per heavy atom. The van der Waals surface area contributed by atoms with E-state index in [1.54, 1.807) is 22.0 Å². The highest BCUT2D eigenvalue weighted by atomic mass is 16.3. The number of furan rings is 1. The summed E-state index contributed by atoms with van der Waals surface area (Å²) in [5.74, 6) is -0.0908. The summed E-state index contributed by atoms with van der Waals surface area (Å²) < 4.78 is 6.67. The van der Waals surface area contributed by atoms with Gasteiger partial charge in [-0.1, -0.05) is 12.1 Å². The van der Waals surface area contributed by atoms with Crippen molar-refractivity contribution in [2.45, 2.75) is 25.8 Å². The van der Waals surface area contributed by atoms with Crippen molar-refractivity contribution in [3.05, 3.63) is 66.6 Å². The zero-order chi connectivity index (χ0) is 20.2. The minimum absolute atomic E-state index is 0.0354. The number of carbonyl (C=O) groups is 2. The molecule has 1 saturated heterocycles. The summed E-state index contributed by atoms with van der Waals surface area (Å²) in [6.07, 6.45) is 7.40. The Hall–Kier alpha value is -3.42. The fraction of sp³-hybridized carbons (Fsp3) is 0.333. The number of carbonyl (C=O) groups excluding carboxylic acids is 2. The Bertz CT molecular complexity index is 943. The maximum Gasteiger partial charge on any atom is 0.257 e. The molecule has 3 heterocycles. The second-order valence-electron chi connectivity index (χ2n) is 7.24. The molecule has 0 spiro atoms. The predicted octanol–water partition coefficient (Wildman–Crippen LogP) is 2.59. The van der Waals surface area contributed by atoms with Gasteiger partial charge in [0.05, 0.1) is 23.6 Å². The number of benzene rings is 1. The molecule has 1 fully saturated rings. The minimum Gasteiger partial charge on any atom is -0.472 e. The number of amides is 2. The third-order valence-corrected chi connectivity index (χ3v) is 5.36. The zero-order valence-corrected chi connectivity index (χ0v) is 16.2. The quantitative estimate of drug-likeness (QED) is 0.719. The maximum atomic E-state index is 12.7. The van der Waals surface area contributed by atoms with Gasteiger partial charge in [0.2, 0.25) is 5.91 Å². The molecule has 3 aromatic rings. The highest BCUT2D eigenvalue weighted by Crippen LogP contribution is 2.22. The summed E-state index contributed by atoms with van der Waals surface area (Å²) in [4.78, 5) is 30.8. The Kier molecular flexibility index (Phi) is 5.41. The molecule has 2 amide bonds. The first kappa shape index (κ1) is 18.9. The van der Waals surface area contributed by atoms with E-state index in [2.05, 4.69) is 15.4 Å². The fourth-order valence-corrected chi connectivity index (χ4v) is 3.59. The van der Waals surface area contributed by atoms with Gasteiger partial charge in [0.15, 0.2) is 0 Å². The number of nitrogens with zero attached hydrogens (tertiary/aromatic N) is 4. The van der Waals surface area contributed by atoms with Crippen molar-refractivity contribution in [1.82, 2.24) is 25.0 Å². The van der Waals surface area contributed by atoms with Gasteiger partial charge in [0.1, 0.15) is 18.9 Å². The molecule has 8 nitrogen and oxygen atoms in total. The first-order valence-electron chi connectivity index (χ1n) is 9.68. The second-order valence-corrected chi connectivity index (χ2v) is 7.24. The van der Waals surface area contributed by atoms with Crippen molar-refractivity contribution >= 4 is 11.8 Å². The fourth-order valence-electron chi connectivity index (χ4n) is 3.59. The van der Waals surface area contributed by atoms with Crippen molar-refractivity contribution in [2.75, 3.05) is 13.1 Å². The monoisotopic (exact) mass is 393 g/mol. The van der Waals surface area contributed by atoms with Crippen LogP contribution in [0.4, 0.5) is 0 Å². The van der Waals surface area contributed by atoms with Crippen molar-refractivity contribution < 1.29 is 14.0 Å². The Labute approximate surface area is 168 Å². The smallest absolute Gasteiger partial charge is 0.257 e. The van der Waals surface area contributed by atoms with Crippen LogP contribution in [-0.4, -0.2) is 44.6 Å². The van der Waals surface area contributed by atoms with Gasteiger partial charge >= 0.3 is 0 Å². The van der Waals surface area contributed by atoms with E-state index in [1.807, 2.05) is 31.2 Å². The summed E-state index contributed by atoms with van der Waals surface area (Å²) in [5.41, 5.74) is 2.49. The van der Waals surface area contributed by atoms with Crippen molar-refractivity contribution in [2.24, 2.45) is 5.92 Å². The van der Waals surface area contributed by atoms with Crippen LogP contribution in [0.5, 0.6) is 0 Å². The molecule has 29 heavy (non-hydrogen) atoms. The van der Waals surface area contributed by atoms with Crippen LogP contribution in [0.2, 0.25) is 0 Å². The molecule has 1 aliphatic rings. The van der Waals surface area contributed by atoms with E-state index < -0.39 is 0 Å². The molecular formula is C21H23N5O3. The number of likely N-dealkylation sites (tertiary alicyclic amines) is 1. The number of nitrogens with one attached hydrogen (secondary N) is 1. The van der Waals surface area contributed by atoms with Gasteiger partial charge in [-0.25, -0.2) is 9.67 Å². The van der Waals surface area contributed by atoms with E-state index in [9.17, 15) is 9.59 Å². The van der Waals surface area contributed by atoms with E-state index in [-0.39, 0.29) is 23.8 Å². The van der Waals surface area contributed by atoms with Gasteiger partial charge in [0, 0.05) is 19.0 Å². The van der Waals surface area contributed by atoms with Crippen LogP contribution in [0.3, 0.4) is 0 Å². The van der Waals surface area contributed by atoms with Crippen LogP contribution in [0.1, 0.15) is 41.7 Å². The third-order valence-electron chi connectivity index (χ3n) is 5.36. The molecule has 0 aliphatic carbocycles. The maximum absolute atomic E-state index is 12.7. The standard InChI is InChI=1S/C21H23N5O3/c1-15(16-2-4-19(5-3-16)26-14-22-13-23-26)24-20(27)17-6-9-25(10-7-17)21(28)18-8-11-29-12-18/h2-5,8,11-15,17H,6-7,9-10H2,1H3,(H,24,27). The number of rotatable bonds is 5. The van der Waals surface area contributed by atoms with Gasteiger partial charge in [-0.15, -0.1) is 0 Å². The second kappa shape index (κ2) is 8.30. The molecule has 1 N–H and O–H groups in total. The zero-order valence-electron chi connectivity index (χ0n) is 16.2. The SMILES string of the molecule is CC(NC(=O)C1CCN(C(=O)c2ccoc2)CC1)c1ccc(-n2cncn2)cc1. The summed E-state index contributed by atoms with van der Waals surface area (Å²) >= 11 is 0. The number of hydrogen-bond donors (Lipinski definition) is 1. The lowest BCUT2D eigenvalue weighted by Gasteiger charge is -2.31. The van der Waals surface area contributed by atoms with Gasteiger partial charge < -0.3 is 14.6 Å². The highest BCUT2D eigenvalue weighted by Gasteiger charge is 2.28. The lowest BCUT2D eigenvalue weighted by molar-refractivity contribution is -0.127. The number of piperidine rings is 1. The predicted molar refractivity (Wildman–Crippen MR) is 105 cm³/mol. The molecule has 150 valence electrons. The highest BCUT2D eigenvalue weighted by molar-refractivity contribution is 5.94. The molecule has 4 rings (SSSR count). The van der Waals surface area contributed by atoms with E-state index in [0.29, 0.717) is 31.5 Å². The first-order chi connectivity index (χ1) is 14.1. The van der Waals surface area contributed by atoms with E-state index >= 15 is 0 Å². The molecule has 2 aromatic heterocycles. The summed E-state index contributed by atoms with van der Waals surface area (Å²) in [6.45, 7) is 3.12. The number of aromatic nitrogens is 3. The van der Waals surface area contributed by atoms with E-state index in [1.165, 1.54) is 18.9 Å². The van der Waals surface area contributed by atoms with Crippen LogP contribution in [0.25, 0.3) is 5.69 Å². The van der Waals surface area contributed by atoms with Crippen LogP contribution in [0.15, 0.2) is 59.9 Å². The molecule has 0 radical (unpaired) electrons. The van der Waals surface area contributed by atoms with Crippen molar-refractivity contribution in [3.8, 4) is 5.69 Å². The average molecular weight is 393 g/mol. The average Bonchev–Trinajstić information content (AvgIpc) is 3.47. The third kappa shape index (κ3) is 4.21. The van der Waals surface area contributed by atoms with Crippen molar-refractivity contribution in [1.29, 1.82) is 0 Å². The molecule has 8 heteroatoms. The van der Waals surface area contributed by atoms with Crippen LogP contribution >= 0.6 is 0 Å². The van der Waals surface area contributed by atoms with Gasteiger partial charge in [-0.3, -0.25) is 9.59 Å². The topological polar surface area (TPSA) is 93.3 Å². The van der Waals surface area contributed by atoms with E-state index in [4.69, 9.17) is 4.42 Å². The lowest BCUT2D eigenvalue weighted by atomic mass is 9.95. The van der Waals surface area contributed by atoms with Gasteiger partial charge in [0.25, 0.3) is 5.91 Å². The molecule has 0 bridgehead atoms. The normalized spacial score (nSPS) is 15.8. The van der Waals surface area contributed by atoms with Crippen LogP contribution in [-0.2, 0) is 4.79 Å². The number of hydrogen-bond acceptors (Lipinski definition) is 5. The Morgan fingerprint density at radius 2 is 1.93 bits per heavy atom. The molecule has 1 aliphatic heterocycles. The van der Waals surface area contributed by atoms with Crippen molar-refractivity contribution in [3.63, 3.8) is 0 Å². The lowest BCUT2D eigenvalue weighted by Crippen LogP contribution is -2.43. The molecule has 1 aromatic carbocycles. The van der Waals surface area contributed by atoms with Gasteiger partial charge in [-0.05, 0) is 43.5 Å². The van der Waals surface area contributed by atoms with Crippen LogP contribution in [0, 0.1) is 5.92 Å². The Morgan fingerprint density at radius 3 is 2.55 bits per heavy atom. The molecule has 0 saturated carbocycles. The molecule has 1 atom stereocenters. The largest absolute Gasteiger partial charge is 0.472 e. The van der Waals surface area contributed by atoms with Gasteiger partial charge in [-0.2, -0.15) is 5.10 Å². The first-order valence-corrected chi connectivity index (χ1v) is 9.68. The van der Waals surface area contributed by atoms with Crippen LogP contribution < -0.4 is 5.32 Å². The summed E-state index contributed by atoms with van der Waals surface area (Å²) in [6, 6.07) is 9.43. The van der Waals surface area contributed by atoms with E-state index in [0.717, 1.165) is 11.3 Å². The molecule has 1 unspecified atom stereocenters. The minimum atomic E-state index is -0.0992.